The Kier molecular flexibility index (Phi) is 8.45. The number of hydrogen-bond acceptors (Lipinski definition) is 10. The van der Waals surface area contributed by atoms with E-state index in [-0.39, 0.29) is 36.0 Å². The van der Waals surface area contributed by atoms with Gasteiger partial charge >= 0.3 is 0 Å². The van der Waals surface area contributed by atoms with Crippen molar-refractivity contribution in [3.63, 3.8) is 0 Å². The highest BCUT2D eigenvalue weighted by molar-refractivity contribution is 6.23. The van der Waals surface area contributed by atoms with Gasteiger partial charge in [-0.3, -0.25) is 39.1 Å². The molecule has 4 amide bonds. The molecule has 1 atom stereocenters. The summed E-state index contributed by atoms with van der Waals surface area (Å²) in [6.45, 7) is 2.70. The Labute approximate surface area is 300 Å². The van der Waals surface area contributed by atoms with Crippen LogP contribution in [0.3, 0.4) is 0 Å². The Morgan fingerprint density at radius 2 is 1.71 bits per heavy atom. The van der Waals surface area contributed by atoms with Crippen LogP contribution in [0.2, 0.25) is 0 Å². The molecule has 9 rings (SSSR count). The van der Waals surface area contributed by atoms with Crippen molar-refractivity contribution in [1.82, 2.24) is 35.3 Å². The summed E-state index contributed by atoms with van der Waals surface area (Å²) in [7, 11) is 0. The van der Waals surface area contributed by atoms with Gasteiger partial charge in [0.15, 0.2) is 0 Å². The number of ether oxygens (including phenoxy) is 1. The molecule has 1 unspecified atom stereocenters. The molecule has 2 saturated carbocycles. The molecule has 2 saturated heterocycles. The van der Waals surface area contributed by atoms with Crippen LogP contribution >= 0.6 is 0 Å². The summed E-state index contributed by atoms with van der Waals surface area (Å²) in [5.74, 6) is -0.0408. The standard InChI is InChI=1S/C39H42N8O5/c48-35-10-9-34(37(49)44-35)47-38(50)28-7-5-24(18-29(28)39(47)51)41-13-1-2-22-16-25(17-22)46-21-30(36(45-46)23-3-4-23)33-20-42-31-8-6-27(19-32(31)43-33)52-26-11-14-40-15-12-26/h5-8,18-23,25-26,34,40-41H,1-4,9-17H2,(H,44,48,49)/t22-,25-,34?. The summed E-state index contributed by atoms with van der Waals surface area (Å²) in [5.41, 5.74) is 6.11. The van der Waals surface area contributed by atoms with E-state index in [9.17, 15) is 19.2 Å². The van der Waals surface area contributed by atoms with Gasteiger partial charge in [-0.1, -0.05) is 0 Å². The number of piperidine rings is 2. The van der Waals surface area contributed by atoms with Crippen LogP contribution in [0.15, 0.2) is 48.8 Å². The molecule has 5 heterocycles. The zero-order valence-electron chi connectivity index (χ0n) is 29.0. The molecule has 0 radical (unpaired) electrons. The number of nitrogens with zero attached hydrogens (tertiary/aromatic N) is 5. The molecule has 268 valence electrons. The van der Waals surface area contributed by atoms with Gasteiger partial charge in [-0.15, -0.1) is 0 Å². The third-order valence-electron chi connectivity index (χ3n) is 11.2. The Morgan fingerprint density at radius 1 is 0.885 bits per heavy atom. The third-order valence-corrected chi connectivity index (χ3v) is 11.2. The second kappa shape index (κ2) is 13.4. The highest BCUT2D eigenvalue weighted by Gasteiger charge is 2.44. The fraction of sp³-hybridized carbons (Fsp3) is 0.462. The number of imide groups is 2. The smallest absolute Gasteiger partial charge is 0.262 e. The van der Waals surface area contributed by atoms with Gasteiger partial charge < -0.3 is 15.4 Å². The van der Waals surface area contributed by atoms with Gasteiger partial charge in [-0.05, 0) is 107 Å². The first-order valence-electron chi connectivity index (χ1n) is 18.7. The Bertz CT molecular complexity index is 2080. The predicted molar refractivity (Wildman–Crippen MR) is 192 cm³/mol. The number of fused-ring (bicyclic) bond motifs is 2. The minimum atomic E-state index is -0.966. The fourth-order valence-corrected chi connectivity index (χ4v) is 8.11. The van der Waals surface area contributed by atoms with E-state index in [1.165, 1.54) is 0 Å². The first-order chi connectivity index (χ1) is 25.4. The van der Waals surface area contributed by atoms with Crippen molar-refractivity contribution in [2.45, 2.75) is 88.3 Å². The maximum Gasteiger partial charge on any atom is 0.262 e. The maximum absolute atomic E-state index is 13.2. The first-order valence-corrected chi connectivity index (χ1v) is 18.7. The SMILES string of the molecule is O=C1CCC(N2C(=O)c3ccc(NCCC[C@H]4C[C@H](n5cc(-c6cnc7ccc(OC8CCNCC8)cc7n6)c(C6CC6)n5)C4)cc3C2=O)C(=O)N1. The molecule has 3 N–H and O–H groups in total. The van der Waals surface area contributed by atoms with Crippen molar-refractivity contribution in [2.75, 3.05) is 25.0 Å². The summed E-state index contributed by atoms with van der Waals surface area (Å²) in [6, 6.07) is 10.5. The quantitative estimate of drug-likeness (QED) is 0.147. The molecule has 52 heavy (non-hydrogen) atoms. The summed E-state index contributed by atoms with van der Waals surface area (Å²) in [4.78, 5) is 60.9. The zero-order chi connectivity index (χ0) is 35.3. The molecule has 0 spiro atoms. The van der Waals surface area contributed by atoms with E-state index >= 15 is 0 Å². The van der Waals surface area contributed by atoms with Crippen LogP contribution in [-0.2, 0) is 9.59 Å². The van der Waals surface area contributed by atoms with Crippen molar-refractivity contribution in [1.29, 1.82) is 0 Å². The van der Waals surface area contributed by atoms with Gasteiger partial charge in [0.1, 0.15) is 17.9 Å². The van der Waals surface area contributed by atoms with Crippen molar-refractivity contribution < 1.29 is 23.9 Å². The second-order valence-electron chi connectivity index (χ2n) is 14.9. The molecule has 4 aromatic rings. The van der Waals surface area contributed by atoms with Crippen LogP contribution < -0.4 is 20.7 Å². The minimum absolute atomic E-state index is 0.0967. The summed E-state index contributed by atoms with van der Waals surface area (Å²) < 4.78 is 8.45. The van der Waals surface area contributed by atoms with E-state index in [0.717, 1.165) is 115 Å². The molecule has 4 fully saturated rings. The number of carbonyl (C=O) groups is 4. The molecule has 13 nitrogen and oxygen atoms in total. The van der Waals surface area contributed by atoms with Gasteiger partial charge in [-0.25, -0.2) is 4.98 Å². The molecular formula is C39H42N8O5. The number of carbonyl (C=O) groups excluding carboxylic acids is 4. The van der Waals surface area contributed by atoms with E-state index in [2.05, 4.69) is 26.8 Å². The summed E-state index contributed by atoms with van der Waals surface area (Å²) in [5, 5.41) is 14.1. The van der Waals surface area contributed by atoms with E-state index in [4.69, 9.17) is 19.8 Å². The number of benzene rings is 2. The molecule has 5 aliphatic rings. The Morgan fingerprint density at radius 3 is 2.52 bits per heavy atom. The molecule has 13 heteroatoms. The van der Waals surface area contributed by atoms with Crippen molar-refractivity contribution in [3.8, 4) is 17.0 Å². The topological polar surface area (TPSA) is 160 Å². The van der Waals surface area contributed by atoms with Gasteiger partial charge in [0.2, 0.25) is 11.8 Å². The predicted octanol–water partition coefficient (Wildman–Crippen LogP) is 4.75. The van der Waals surface area contributed by atoms with E-state index < -0.39 is 23.8 Å². The second-order valence-corrected chi connectivity index (χ2v) is 14.9. The average Bonchev–Trinajstić information content (AvgIpc) is 3.84. The summed E-state index contributed by atoms with van der Waals surface area (Å²) in [6.07, 6.45) is 13.1. The van der Waals surface area contributed by atoms with Crippen LogP contribution in [0.1, 0.15) is 103 Å². The molecule has 3 aliphatic heterocycles. The van der Waals surface area contributed by atoms with E-state index in [0.29, 0.717) is 17.9 Å². The van der Waals surface area contributed by atoms with Gasteiger partial charge in [0, 0.05) is 42.4 Å². The maximum atomic E-state index is 13.2. The lowest BCUT2D eigenvalue weighted by atomic mass is 9.77. The van der Waals surface area contributed by atoms with Crippen LogP contribution in [0.25, 0.3) is 22.3 Å². The lowest BCUT2D eigenvalue weighted by Crippen LogP contribution is -2.54. The number of amides is 4. The highest BCUT2D eigenvalue weighted by Crippen LogP contribution is 2.46. The van der Waals surface area contributed by atoms with Gasteiger partial charge in [-0.2, -0.15) is 5.10 Å². The normalized spacial score (nSPS) is 23.5. The van der Waals surface area contributed by atoms with E-state index in [1.54, 1.807) is 18.2 Å². The molecular weight excluding hydrogens is 660 g/mol. The van der Waals surface area contributed by atoms with Gasteiger partial charge in [0.05, 0.1) is 45.8 Å². The Hall–Kier alpha value is -5.17. The lowest BCUT2D eigenvalue weighted by Gasteiger charge is -2.35. The van der Waals surface area contributed by atoms with Crippen LogP contribution in [0.5, 0.6) is 5.75 Å². The van der Waals surface area contributed by atoms with Gasteiger partial charge in [0.25, 0.3) is 11.8 Å². The number of nitrogens with one attached hydrogen (secondary N) is 3. The van der Waals surface area contributed by atoms with Crippen molar-refractivity contribution in [3.05, 3.63) is 65.6 Å². The van der Waals surface area contributed by atoms with Crippen LogP contribution in [-0.4, -0.2) is 80.1 Å². The Balaban J connectivity index is 0.793. The largest absolute Gasteiger partial charge is 0.490 e. The molecule has 2 aliphatic carbocycles. The highest BCUT2D eigenvalue weighted by atomic mass is 16.5. The summed E-state index contributed by atoms with van der Waals surface area (Å²) >= 11 is 0. The molecule has 2 aromatic heterocycles. The third kappa shape index (κ3) is 6.31. The van der Waals surface area contributed by atoms with Crippen LogP contribution in [0.4, 0.5) is 5.69 Å². The van der Waals surface area contributed by atoms with Crippen molar-refractivity contribution in [2.24, 2.45) is 5.92 Å². The van der Waals surface area contributed by atoms with Crippen LogP contribution in [0, 0.1) is 5.92 Å². The number of hydrogen-bond donors (Lipinski definition) is 3. The number of rotatable bonds is 11. The van der Waals surface area contributed by atoms with E-state index in [1.807, 2.05) is 24.4 Å². The average molecular weight is 703 g/mol. The fourth-order valence-electron chi connectivity index (χ4n) is 8.11. The molecule has 0 bridgehead atoms. The monoisotopic (exact) mass is 702 g/mol. The zero-order valence-corrected chi connectivity index (χ0v) is 29.0. The lowest BCUT2D eigenvalue weighted by molar-refractivity contribution is -0.136. The first kappa shape index (κ1) is 32.7. The van der Waals surface area contributed by atoms with Crippen molar-refractivity contribution >= 4 is 40.3 Å². The number of aromatic nitrogens is 4. The number of anilines is 1. The molecule has 2 aromatic carbocycles. The minimum Gasteiger partial charge on any atom is -0.490 e.